The Kier molecular flexibility index (Phi) is 4.90. The van der Waals surface area contributed by atoms with Crippen molar-refractivity contribution >= 4 is 28.4 Å². The number of carbonyl (C=O) groups excluding carboxylic acids is 1. The third-order valence-electron chi connectivity index (χ3n) is 5.15. The van der Waals surface area contributed by atoms with Crippen molar-refractivity contribution in [1.82, 2.24) is 14.9 Å². The van der Waals surface area contributed by atoms with Crippen LogP contribution in [0.25, 0.3) is 10.9 Å². The van der Waals surface area contributed by atoms with E-state index in [9.17, 15) is 9.59 Å². The fraction of sp³-hybridized carbons (Fsp3) is 0.500. The first kappa shape index (κ1) is 17.0. The van der Waals surface area contributed by atoms with Crippen LogP contribution in [-0.2, 0) is 11.3 Å². The molecule has 1 aromatic heterocycles. The van der Waals surface area contributed by atoms with E-state index in [1.165, 1.54) is 17.3 Å². The van der Waals surface area contributed by atoms with Gasteiger partial charge in [0.1, 0.15) is 6.54 Å². The van der Waals surface area contributed by atoms with Gasteiger partial charge in [-0.15, -0.1) is 0 Å². The van der Waals surface area contributed by atoms with Crippen molar-refractivity contribution in [3.8, 4) is 0 Å². The second-order valence-electron chi connectivity index (χ2n) is 6.78. The summed E-state index contributed by atoms with van der Waals surface area (Å²) in [6, 6.07) is 5.17. The standard InChI is InChI=1S/C18H22ClN3O2/c1-11-4-3-5-15(12(11)2)21-17(23)9-22-10-20-16-7-6-13(19)8-14(16)18(22)24/h6-8,10-12,15H,3-5,9H2,1-2H3,(H,21,23)/t11-,12+,15-/m0/s1. The highest BCUT2D eigenvalue weighted by molar-refractivity contribution is 6.31. The van der Waals surface area contributed by atoms with Gasteiger partial charge < -0.3 is 5.32 Å². The monoisotopic (exact) mass is 347 g/mol. The Labute approximate surface area is 146 Å². The molecule has 6 heteroatoms. The molecule has 0 radical (unpaired) electrons. The Morgan fingerprint density at radius 3 is 2.96 bits per heavy atom. The quantitative estimate of drug-likeness (QED) is 0.928. The summed E-state index contributed by atoms with van der Waals surface area (Å²) in [5.74, 6) is 0.912. The summed E-state index contributed by atoms with van der Waals surface area (Å²) < 4.78 is 1.34. The number of benzene rings is 1. The maximum absolute atomic E-state index is 12.5. The second-order valence-corrected chi connectivity index (χ2v) is 7.22. The zero-order valence-corrected chi connectivity index (χ0v) is 14.7. The molecule has 1 aliphatic rings. The predicted molar refractivity (Wildman–Crippen MR) is 95.1 cm³/mol. The van der Waals surface area contributed by atoms with Gasteiger partial charge in [0.2, 0.25) is 5.91 Å². The van der Waals surface area contributed by atoms with E-state index in [-0.39, 0.29) is 24.1 Å². The summed E-state index contributed by atoms with van der Waals surface area (Å²) in [6.07, 6.45) is 4.76. The fourth-order valence-electron chi connectivity index (χ4n) is 3.44. The van der Waals surface area contributed by atoms with Crippen LogP contribution in [0.1, 0.15) is 33.1 Å². The van der Waals surface area contributed by atoms with Gasteiger partial charge in [-0.1, -0.05) is 38.3 Å². The first-order valence-electron chi connectivity index (χ1n) is 8.40. The molecule has 1 aliphatic carbocycles. The fourth-order valence-corrected chi connectivity index (χ4v) is 3.61. The lowest BCUT2D eigenvalue weighted by atomic mass is 9.78. The molecule has 0 saturated heterocycles. The molecule has 0 unspecified atom stereocenters. The van der Waals surface area contributed by atoms with Crippen LogP contribution in [0.3, 0.4) is 0 Å². The van der Waals surface area contributed by atoms with E-state index in [2.05, 4.69) is 24.1 Å². The van der Waals surface area contributed by atoms with E-state index in [1.807, 2.05) is 0 Å². The maximum atomic E-state index is 12.5. The number of carbonyl (C=O) groups is 1. The molecule has 1 aromatic carbocycles. The molecule has 1 N–H and O–H groups in total. The molecule has 1 fully saturated rings. The van der Waals surface area contributed by atoms with E-state index >= 15 is 0 Å². The van der Waals surface area contributed by atoms with Crippen molar-refractivity contribution < 1.29 is 4.79 Å². The van der Waals surface area contributed by atoms with Crippen LogP contribution in [0, 0.1) is 11.8 Å². The molecule has 128 valence electrons. The number of fused-ring (bicyclic) bond motifs is 1. The SMILES string of the molecule is C[C@H]1[C@@H](NC(=O)Cn2cnc3ccc(Cl)cc3c2=O)CCC[C@@H]1C. The van der Waals surface area contributed by atoms with Gasteiger partial charge in [-0.05, 0) is 36.5 Å². The number of nitrogens with one attached hydrogen (secondary N) is 1. The van der Waals surface area contributed by atoms with Crippen LogP contribution < -0.4 is 10.9 Å². The number of rotatable bonds is 3. The minimum Gasteiger partial charge on any atom is -0.352 e. The van der Waals surface area contributed by atoms with E-state index < -0.39 is 0 Å². The minimum atomic E-state index is -0.247. The van der Waals surface area contributed by atoms with Gasteiger partial charge in [-0.2, -0.15) is 0 Å². The van der Waals surface area contributed by atoms with Gasteiger partial charge in [-0.25, -0.2) is 4.98 Å². The van der Waals surface area contributed by atoms with Crippen molar-refractivity contribution in [2.24, 2.45) is 11.8 Å². The van der Waals surface area contributed by atoms with Gasteiger partial charge in [0.25, 0.3) is 5.56 Å². The van der Waals surface area contributed by atoms with Crippen molar-refractivity contribution in [3.05, 3.63) is 39.9 Å². The molecule has 5 nitrogen and oxygen atoms in total. The summed E-state index contributed by atoms with van der Waals surface area (Å²) in [5, 5.41) is 3.99. The van der Waals surface area contributed by atoms with E-state index in [4.69, 9.17) is 11.6 Å². The maximum Gasteiger partial charge on any atom is 0.261 e. The molecule has 1 amide bonds. The van der Waals surface area contributed by atoms with Gasteiger partial charge >= 0.3 is 0 Å². The Balaban J connectivity index is 1.76. The Hall–Kier alpha value is -1.88. The summed E-state index contributed by atoms with van der Waals surface area (Å²) >= 11 is 5.95. The molecule has 24 heavy (non-hydrogen) atoms. The third-order valence-corrected chi connectivity index (χ3v) is 5.39. The third kappa shape index (κ3) is 3.46. The number of amides is 1. The van der Waals surface area contributed by atoms with Crippen LogP contribution in [0.2, 0.25) is 5.02 Å². The summed E-state index contributed by atoms with van der Waals surface area (Å²) in [6.45, 7) is 4.39. The summed E-state index contributed by atoms with van der Waals surface area (Å²) in [7, 11) is 0. The van der Waals surface area contributed by atoms with Crippen LogP contribution in [0.5, 0.6) is 0 Å². The average Bonchev–Trinajstić information content (AvgIpc) is 2.55. The van der Waals surface area contributed by atoms with E-state index in [1.54, 1.807) is 18.2 Å². The first-order chi connectivity index (χ1) is 11.5. The first-order valence-corrected chi connectivity index (χ1v) is 8.77. The summed E-state index contributed by atoms with van der Waals surface area (Å²) in [5.41, 5.74) is 0.332. The van der Waals surface area contributed by atoms with E-state index in [0.29, 0.717) is 27.8 Å². The minimum absolute atomic E-state index is 0.0219. The smallest absolute Gasteiger partial charge is 0.261 e. The van der Waals surface area contributed by atoms with Gasteiger partial charge in [0.15, 0.2) is 0 Å². The molecule has 0 spiro atoms. The molecule has 2 aromatic rings. The number of hydrogen-bond acceptors (Lipinski definition) is 3. The molecule has 3 atom stereocenters. The van der Waals surface area contributed by atoms with Gasteiger partial charge in [0.05, 0.1) is 17.2 Å². The Morgan fingerprint density at radius 1 is 1.38 bits per heavy atom. The second kappa shape index (κ2) is 6.93. The molecular formula is C18H22ClN3O2. The van der Waals surface area contributed by atoms with Crippen molar-refractivity contribution in [2.75, 3.05) is 0 Å². The van der Waals surface area contributed by atoms with E-state index in [0.717, 1.165) is 12.8 Å². The normalized spacial score (nSPS) is 24.0. The Bertz CT molecular complexity index is 818. The highest BCUT2D eigenvalue weighted by atomic mass is 35.5. The molecule has 3 rings (SSSR count). The average molecular weight is 348 g/mol. The largest absolute Gasteiger partial charge is 0.352 e. The lowest BCUT2D eigenvalue weighted by molar-refractivity contribution is -0.123. The number of halogens is 1. The van der Waals surface area contributed by atoms with Gasteiger partial charge in [-0.3, -0.25) is 14.2 Å². The topological polar surface area (TPSA) is 64.0 Å². The highest BCUT2D eigenvalue weighted by Gasteiger charge is 2.28. The lowest BCUT2D eigenvalue weighted by Gasteiger charge is -2.34. The van der Waals surface area contributed by atoms with Crippen molar-refractivity contribution in [2.45, 2.75) is 45.7 Å². The predicted octanol–water partition coefficient (Wildman–Crippen LogP) is 2.99. The van der Waals surface area contributed by atoms with Crippen molar-refractivity contribution in [3.63, 3.8) is 0 Å². The molecule has 1 heterocycles. The Morgan fingerprint density at radius 2 is 2.17 bits per heavy atom. The molecule has 1 saturated carbocycles. The van der Waals surface area contributed by atoms with Crippen molar-refractivity contribution in [1.29, 1.82) is 0 Å². The molecular weight excluding hydrogens is 326 g/mol. The van der Waals surface area contributed by atoms with Crippen LogP contribution in [0.15, 0.2) is 29.3 Å². The zero-order valence-electron chi connectivity index (χ0n) is 14.0. The molecule has 0 bridgehead atoms. The van der Waals surface area contributed by atoms with Crippen LogP contribution >= 0.6 is 11.6 Å². The summed E-state index contributed by atoms with van der Waals surface area (Å²) in [4.78, 5) is 29.1. The number of nitrogens with zero attached hydrogens (tertiary/aromatic N) is 2. The van der Waals surface area contributed by atoms with Crippen LogP contribution in [0.4, 0.5) is 0 Å². The van der Waals surface area contributed by atoms with Gasteiger partial charge in [0, 0.05) is 11.1 Å². The highest BCUT2D eigenvalue weighted by Crippen LogP contribution is 2.29. The number of aromatic nitrogens is 2. The zero-order chi connectivity index (χ0) is 17.3. The lowest BCUT2D eigenvalue weighted by Crippen LogP contribution is -2.45. The molecule has 0 aliphatic heterocycles. The number of hydrogen-bond donors (Lipinski definition) is 1. The van der Waals surface area contributed by atoms with Crippen LogP contribution in [-0.4, -0.2) is 21.5 Å².